The molecule has 4 nitrogen and oxygen atoms in total. The lowest BCUT2D eigenvalue weighted by molar-refractivity contribution is 0.0914. The molecule has 0 aliphatic rings. The zero-order valence-corrected chi connectivity index (χ0v) is 6.23. The Morgan fingerprint density at radius 1 is 1.82 bits per heavy atom. The molecule has 0 spiro atoms. The van der Waals surface area contributed by atoms with E-state index in [0.29, 0.717) is 19.2 Å². The highest BCUT2D eigenvalue weighted by Crippen LogP contribution is 1.95. The number of rotatable bonds is 4. The lowest BCUT2D eigenvalue weighted by atomic mass is 10.7. The highest BCUT2D eigenvalue weighted by Gasteiger charge is 1.91. The summed E-state index contributed by atoms with van der Waals surface area (Å²) in [6.45, 7) is 4.47. The highest BCUT2D eigenvalue weighted by molar-refractivity contribution is 5.23. The first-order valence-corrected chi connectivity index (χ1v) is 3.30. The van der Waals surface area contributed by atoms with Crippen molar-refractivity contribution >= 4 is 5.82 Å². The SMILES string of the molecule is C=CCOCn1ccc(N)n1. The summed E-state index contributed by atoms with van der Waals surface area (Å²) in [7, 11) is 0. The molecule has 1 aromatic rings. The molecule has 0 radical (unpaired) electrons. The van der Waals surface area contributed by atoms with Crippen LogP contribution in [0.4, 0.5) is 5.82 Å². The van der Waals surface area contributed by atoms with E-state index in [9.17, 15) is 0 Å². The summed E-state index contributed by atoms with van der Waals surface area (Å²) in [6.07, 6.45) is 3.45. The average Bonchev–Trinajstić information content (AvgIpc) is 2.37. The normalized spacial score (nSPS) is 9.82. The Kier molecular flexibility index (Phi) is 2.68. The summed E-state index contributed by atoms with van der Waals surface area (Å²) < 4.78 is 6.73. The number of nitrogens with zero attached hydrogens (tertiary/aromatic N) is 2. The second-order valence-corrected chi connectivity index (χ2v) is 2.07. The van der Waals surface area contributed by atoms with Crippen LogP contribution in [0, 0.1) is 0 Å². The van der Waals surface area contributed by atoms with E-state index in [1.807, 2.05) is 0 Å². The third-order valence-electron chi connectivity index (χ3n) is 1.12. The van der Waals surface area contributed by atoms with Crippen molar-refractivity contribution < 1.29 is 4.74 Å². The first-order valence-electron chi connectivity index (χ1n) is 3.30. The summed E-state index contributed by atoms with van der Waals surface area (Å²) in [5.41, 5.74) is 5.38. The van der Waals surface area contributed by atoms with Gasteiger partial charge in [-0.1, -0.05) is 6.08 Å². The molecule has 2 N–H and O–H groups in total. The quantitative estimate of drug-likeness (QED) is 0.509. The topological polar surface area (TPSA) is 53.1 Å². The molecule has 1 rings (SSSR count). The van der Waals surface area contributed by atoms with Crippen molar-refractivity contribution in [3.8, 4) is 0 Å². The molecule has 11 heavy (non-hydrogen) atoms. The zero-order valence-electron chi connectivity index (χ0n) is 6.23. The monoisotopic (exact) mass is 153 g/mol. The lowest BCUT2D eigenvalue weighted by Gasteiger charge is -1.99. The van der Waals surface area contributed by atoms with Gasteiger partial charge in [-0.2, -0.15) is 5.10 Å². The maximum absolute atomic E-state index is 5.38. The molecule has 0 unspecified atom stereocenters. The van der Waals surface area contributed by atoms with Crippen molar-refractivity contribution in [1.29, 1.82) is 0 Å². The Labute approximate surface area is 65.3 Å². The van der Waals surface area contributed by atoms with E-state index in [2.05, 4.69) is 11.7 Å². The van der Waals surface area contributed by atoms with Crippen LogP contribution in [0.5, 0.6) is 0 Å². The summed E-state index contributed by atoms with van der Waals surface area (Å²) >= 11 is 0. The van der Waals surface area contributed by atoms with E-state index in [-0.39, 0.29) is 0 Å². The van der Waals surface area contributed by atoms with E-state index in [1.54, 1.807) is 23.0 Å². The molecule has 0 aliphatic carbocycles. The molecule has 0 fully saturated rings. The fraction of sp³-hybridized carbons (Fsp3) is 0.286. The van der Waals surface area contributed by atoms with Gasteiger partial charge in [0.1, 0.15) is 12.5 Å². The number of ether oxygens (including phenoxy) is 1. The molecule has 0 aromatic carbocycles. The molecule has 4 heteroatoms. The number of anilines is 1. The van der Waals surface area contributed by atoms with E-state index >= 15 is 0 Å². The van der Waals surface area contributed by atoms with Crippen LogP contribution in [0.3, 0.4) is 0 Å². The predicted octanol–water partition coefficient (Wildman–Crippen LogP) is 0.625. The maximum Gasteiger partial charge on any atom is 0.145 e. The van der Waals surface area contributed by atoms with Crippen LogP contribution in [-0.2, 0) is 11.5 Å². The third kappa shape index (κ3) is 2.43. The van der Waals surface area contributed by atoms with Crippen molar-refractivity contribution in [1.82, 2.24) is 9.78 Å². The highest BCUT2D eigenvalue weighted by atomic mass is 16.5. The van der Waals surface area contributed by atoms with Gasteiger partial charge < -0.3 is 10.5 Å². The molecule has 0 atom stereocenters. The molecule has 0 bridgehead atoms. The minimum atomic E-state index is 0.420. The molecule has 0 aliphatic heterocycles. The van der Waals surface area contributed by atoms with E-state index in [4.69, 9.17) is 10.5 Å². The third-order valence-corrected chi connectivity index (χ3v) is 1.12. The van der Waals surface area contributed by atoms with Gasteiger partial charge in [0.05, 0.1) is 6.61 Å². The first-order chi connectivity index (χ1) is 5.33. The van der Waals surface area contributed by atoms with Gasteiger partial charge in [0.2, 0.25) is 0 Å². The van der Waals surface area contributed by atoms with Crippen LogP contribution < -0.4 is 5.73 Å². The van der Waals surface area contributed by atoms with E-state index in [1.165, 1.54) is 0 Å². The lowest BCUT2D eigenvalue weighted by Crippen LogP contribution is -2.03. The molecule has 0 amide bonds. The molecule has 60 valence electrons. The van der Waals surface area contributed by atoms with E-state index in [0.717, 1.165) is 0 Å². The van der Waals surface area contributed by atoms with Crippen LogP contribution in [-0.4, -0.2) is 16.4 Å². The summed E-state index contributed by atoms with van der Waals surface area (Å²) in [6, 6.07) is 1.72. The number of hydrogen-bond donors (Lipinski definition) is 1. The smallest absolute Gasteiger partial charge is 0.145 e. The van der Waals surface area contributed by atoms with Crippen molar-refractivity contribution in [2.75, 3.05) is 12.3 Å². The second kappa shape index (κ2) is 3.78. The van der Waals surface area contributed by atoms with Gasteiger partial charge in [0.25, 0.3) is 0 Å². The van der Waals surface area contributed by atoms with Crippen LogP contribution >= 0.6 is 0 Å². The van der Waals surface area contributed by atoms with Gasteiger partial charge in [0, 0.05) is 12.3 Å². The minimum absolute atomic E-state index is 0.420. The Morgan fingerprint density at radius 2 is 2.64 bits per heavy atom. The summed E-state index contributed by atoms with van der Waals surface area (Å²) in [5, 5.41) is 3.92. The van der Waals surface area contributed by atoms with Crippen molar-refractivity contribution in [3.05, 3.63) is 24.9 Å². The van der Waals surface area contributed by atoms with Gasteiger partial charge in [-0.25, -0.2) is 4.68 Å². The first kappa shape index (κ1) is 7.81. The zero-order chi connectivity index (χ0) is 8.10. The van der Waals surface area contributed by atoms with Crippen LogP contribution in [0.25, 0.3) is 0 Å². The second-order valence-electron chi connectivity index (χ2n) is 2.07. The molecule has 1 heterocycles. The number of nitrogen functional groups attached to an aromatic ring is 1. The summed E-state index contributed by atoms with van der Waals surface area (Å²) in [4.78, 5) is 0. The maximum atomic E-state index is 5.38. The number of nitrogens with two attached hydrogens (primary N) is 1. The van der Waals surface area contributed by atoms with Gasteiger partial charge in [-0.3, -0.25) is 0 Å². The van der Waals surface area contributed by atoms with Gasteiger partial charge in [0.15, 0.2) is 0 Å². The fourth-order valence-electron chi connectivity index (χ4n) is 0.679. The summed E-state index contributed by atoms with van der Waals surface area (Å²) in [5.74, 6) is 0.507. The van der Waals surface area contributed by atoms with E-state index < -0.39 is 0 Å². The van der Waals surface area contributed by atoms with Crippen molar-refractivity contribution in [3.63, 3.8) is 0 Å². The van der Waals surface area contributed by atoms with Crippen LogP contribution in [0.1, 0.15) is 0 Å². The molecule has 1 aromatic heterocycles. The fourth-order valence-corrected chi connectivity index (χ4v) is 0.679. The van der Waals surface area contributed by atoms with Crippen molar-refractivity contribution in [2.24, 2.45) is 0 Å². The Balaban J connectivity index is 2.32. The number of aromatic nitrogens is 2. The van der Waals surface area contributed by atoms with Gasteiger partial charge in [-0.15, -0.1) is 6.58 Å². The molecular formula is C7H11N3O. The number of hydrogen-bond acceptors (Lipinski definition) is 3. The Morgan fingerprint density at radius 3 is 3.18 bits per heavy atom. The Hall–Kier alpha value is -1.29. The largest absolute Gasteiger partial charge is 0.382 e. The molecular weight excluding hydrogens is 142 g/mol. The van der Waals surface area contributed by atoms with Crippen LogP contribution in [0.2, 0.25) is 0 Å². The molecule has 0 saturated carbocycles. The van der Waals surface area contributed by atoms with Gasteiger partial charge in [-0.05, 0) is 0 Å². The standard InChI is InChI=1S/C7H11N3O/c1-2-5-11-6-10-4-3-7(8)9-10/h2-4H,1,5-6H2,(H2,8,9). The van der Waals surface area contributed by atoms with Crippen molar-refractivity contribution in [2.45, 2.75) is 6.73 Å². The average molecular weight is 153 g/mol. The predicted molar refractivity (Wildman–Crippen MR) is 42.8 cm³/mol. The Bertz CT molecular complexity index is 231. The molecule has 0 saturated heterocycles. The van der Waals surface area contributed by atoms with Gasteiger partial charge >= 0.3 is 0 Å². The minimum Gasteiger partial charge on any atom is -0.382 e. The van der Waals surface area contributed by atoms with Crippen LogP contribution in [0.15, 0.2) is 24.9 Å².